The maximum Gasteiger partial charge on any atom is 0.229 e. The molecule has 0 fully saturated rings. The van der Waals surface area contributed by atoms with Crippen LogP contribution in [0.5, 0.6) is 0 Å². The number of benzene rings is 1. The average molecular weight is 238 g/mol. The predicted molar refractivity (Wildman–Crippen MR) is 63.8 cm³/mol. The molecule has 4 nitrogen and oxygen atoms in total. The third kappa shape index (κ3) is 2.90. The molecule has 1 N–H and O–H groups in total. The smallest absolute Gasteiger partial charge is 0.229 e. The maximum atomic E-state index is 3.81. The van der Waals surface area contributed by atoms with Gasteiger partial charge in [0.05, 0.1) is 0 Å². The monoisotopic (exact) mass is 238 g/mol. The minimum absolute atomic E-state index is 0.714. The minimum Gasteiger partial charge on any atom is -0.329 e. The van der Waals surface area contributed by atoms with E-state index in [1.165, 1.54) is 16.4 Å². The third-order valence-electron chi connectivity index (χ3n) is 1.72. The van der Waals surface area contributed by atoms with E-state index in [1.807, 2.05) is 23.9 Å². The van der Waals surface area contributed by atoms with Crippen LogP contribution >= 0.6 is 23.3 Å². The van der Waals surface area contributed by atoms with Crippen molar-refractivity contribution in [1.82, 2.24) is 14.8 Å². The van der Waals surface area contributed by atoms with Crippen LogP contribution in [0.3, 0.4) is 0 Å². The summed E-state index contributed by atoms with van der Waals surface area (Å²) in [6.07, 6.45) is 0. The van der Waals surface area contributed by atoms with Gasteiger partial charge in [-0.3, -0.25) is 0 Å². The van der Waals surface area contributed by atoms with Crippen molar-refractivity contribution in [2.75, 3.05) is 11.1 Å². The largest absolute Gasteiger partial charge is 0.329 e. The number of rotatable bonds is 4. The molecule has 0 saturated carbocycles. The molecule has 0 bridgehead atoms. The highest BCUT2D eigenvalue weighted by Crippen LogP contribution is 2.22. The molecule has 6 heteroatoms. The number of anilines is 2. The second-order valence-corrected chi connectivity index (χ2v) is 4.82. The molecule has 2 rings (SSSR count). The van der Waals surface area contributed by atoms with E-state index in [1.54, 1.807) is 0 Å². The van der Waals surface area contributed by atoms with E-state index >= 15 is 0 Å². The quantitative estimate of drug-likeness (QED) is 0.830. The van der Waals surface area contributed by atoms with Gasteiger partial charge in [-0.25, -0.2) is 0 Å². The molecule has 0 saturated heterocycles. The standard InChI is InChI=1S/C9H10N4S2/c1-2-14-8-5-3-7(4-6-8)10-9-11-12-13-15-9/h3-6H,2H2,1H3,(H,10,11,13). The number of hydrogen-bond acceptors (Lipinski definition) is 6. The number of nitrogens with zero attached hydrogens (tertiary/aromatic N) is 3. The molecule has 1 aromatic carbocycles. The van der Waals surface area contributed by atoms with E-state index in [9.17, 15) is 0 Å². The summed E-state index contributed by atoms with van der Waals surface area (Å²) in [5, 5.41) is 11.2. The maximum absolute atomic E-state index is 3.81. The summed E-state index contributed by atoms with van der Waals surface area (Å²) in [4.78, 5) is 1.28. The van der Waals surface area contributed by atoms with Crippen molar-refractivity contribution in [2.24, 2.45) is 0 Å². The van der Waals surface area contributed by atoms with Gasteiger partial charge in [0, 0.05) is 22.1 Å². The van der Waals surface area contributed by atoms with Crippen molar-refractivity contribution in [3.8, 4) is 0 Å². The molecule has 0 aliphatic heterocycles. The summed E-state index contributed by atoms with van der Waals surface area (Å²) in [5.74, 6) is 1.09. The van der Waals surface area contributed by atoms with E-state index in [2.05, 4.69) is 39.2 Å². The lowest BCUT2D eigenvalue weighted by Crippen LogP contribution is -1.88. The molecule has 0 radical (unpaired) electrons. The van der Waals surface area contributed by atoms with E-state index < -0.39 is 0 Å². The summed E-state index contributed by atoms with van der Waals surface area (Å²) in [5.41, 5.74) is 1.01. The first-order chi connectivity index (χ1) is 7.38. The molecule has 0 atom stereocenters. The van der Waals surface area contributed by atoms with Crippen LogP contribution in [0.4, 0.5) is 10.8 Å². The average Bonchev–Trinajstić information content (AvgIpc) is 2.74. The first-order valence-electron chi connectivity index (χ1n) is 4.53. The molecular weight excluding hydrogens is 228 g/mol. The highest BCUT2D eigenvalue weighted by Gasteiger charge is 1.98. The lowest BCUT2D eigenvalue weighted by atomic mass is 10.3. The van der Waals surface area contributed by atoms with Crippen LogP contribution in [-0.4, -0.2) is 20.6 Å². The Balaban J connectivity index is 2.04. The Bertz CT molecular complexity index is 399. The van der Waals surface area contributed by atoms with Gasteiger partial charge in [0.25, 0.3) is 0 Å². The summed E-state index contributed by atoms with van der Waals surface area (Å²) in [6.45, 7) is 2.14. The van der Waals surface area contributed by atoms with Crippen LogP contribution < -0.4 is 5.32 Å². The highest BCUT2D eigenvalue weighted by molar-refractivity contribution is 7.99. The molecule has 0 unspecified atom stereocenters. The zero-order chi connectivity index (χ0) is 10.5. The first-order valence-corrected chi connectivity index (χ1v) is 6.29. The number of hydrogen-bond donors (Lipinski definition) is 1. The minimum atomic E-state index is 0.714. The van der Waals surface area contributed by atoms with Gasteiger partial charge in [0.1, 0.15) is 0 Å². The lowest BCUT2D eigenvalue weighted by molar-refractivity contribution is 0.961. The van der Waals surface area contributed by atoms with E-state index in [4.69, 9.17) is 0 Å². The Morgan fingerprint density at radius 2 is 2.13 bits per heavy atom. The van der Waals surface area contributed by atoms with Crippen molar-refractivity contribution in [1.29, 1.82) is 0 Å². The second kappa shape index (κ2) is 5.09. The van der Waals surface area contributed by atoms with Gasteiger partial charge in [-0.1, -0.05) is 16.5 Å². The Kier molecular flexibility index (Phi) is 3.52. The van der Waals surface area contributed by atoms with Gasteiger partial charge in [0.15, 0.2) is 0 Å². The molecule has 0 aliphatic carbocycles. The van der Waals surface area contributed by atoms with Crippen molar-refractivity contribution in [3.63, 3.8) is 0 Å². The highest BCUT2D eigenvalue weighted by atomic mass is 32.2. The molecule has 0 amide bonds. The Morgan fingerprint density at radius 3 is 2.73 bits per heavy atom. The zero-order valence-electron chi connectivity index (χ0n) is 8.17. The molecule has 0 spiro atoms. The third-order valence-corrected chi connectivity index (χ3v) is 3.12. The lowest BCUT2D eigenvalue weighted by Gasteiger charge is -2.02. The number of aromatic nitrogens is 3. The van der Waals surface area contributed by atoms with Crippen molar-refractivity contribution < 1.29 is 0 Å². The molecule has 1 aromatic heterocycles. The fraction of sp³-hybridized carbons (Fsp3) is 0.222. The van der Waals surface area contributed by atoms with Crippen LogP contribution in [0.15, 0.2) is 29.2 Å². The van der Waals surface area contributed by atoms with E-state index in [-0.39, 0.29) is 0 Å². The van der Waals surface area contributed by atoms with E-state index in [0.717, 1.165) is 11.4 Å². The Labute approximate surface area is 96.3 Å². The molecular formula is C9H10N4S2. The zero-order valence-corrected chi connectivity index (χ0v) is 9.81. The van der Waals surface area contributed by atoms with Crippen LogP contribution in [0, 0.1) is 0 Å². The summed E-state index contributed by atoms with van der Waals surface area (Å²) in [6, 6.07) is 8.23. The predicted octanol–water partition coefficient (Wildman–Crippen LogP) is 2.79. The van der Waals surface area contributed by atoms with E-state index in [0.29, 0.717) is 5.13 Å². The molecule has 78 valence electrons. The topological polar surface area (TPSA) is 50.7 Å². The fourth-order valence-electron chi connectivity index (χ4n) is 1.11. The van der Waals surface area contributed by atoms with Gasteiger partial charge in [-0.15, -0.1) is 11.8 Å². The normalized spacial score (nSPS) is 10.2. The molecule has 0 aliphatic rings. The van der Waals surface area contributed by atoms with Crippen molar-refractivity contribution in [3.05, 3.63) is 24.3 Å². The van der Waals surface area contributed by atoms with Crippen LogP contribution in [0.1, 0.15) is 6.92 Å². The van der Waals surface area contributed by atoms with Gasteiger partial charge in [0.2, 0.25) is 5.13 Å². The molecule has 15 heavy (non-hydrogen) atoms. The van der Waals surface area contributed by atoms with Crippen LogP contribution in [-0.2, 0) is 0 Å². The van der Waals surface area contributed by atoms with Crippen molar-refractivity contribution in [2.45, 2.75) is 11.8 Å². The summed E-state index contributed by atoms with van der Waals surface area (Å²) < 4.78 is 3.68. The first kappa shape index (κ1) is 10.4. The van der Waals surface area contributed by atoms with Gasteiger partial charge < -0.3 is 5.32 Å². The fourth-order valence-corrected chi connectivity index (χ4v) is 2.16. The Morgan fingerprint density at radius 1 is 1.33 bits per heavy atom. The molecule has 2 aromatic rings. The van der Waals surface area contributed by atoms with Crippen molar-refractivity contribution >= 4 is 34.1 Å². The summed E-state index contributed by atoms with van der Waals surface area (Å²) in [7, 11) is 0. The molecule has 1 heterocycles. The number of nitrogens with one attached hydrogen (secondary N) is 1. The number of thioether (sulfide) groups is 1. The van der Waals surface area contributed by atoms with Gasteiger partial charge in [-0.05, 0) is 35.2 Å². The van der Waals surface area contributed by atoms with Crippen LogP contribution in [0.2, 0.25) is 0 Å². The van der Waals surface area contributed by atoms with Crippen LogP contribution in [0.25, 0.3) is 0 Å². The Hall–Kier alpha value is -1.14. The summed E-state index contributed by atoms with van der Waals surface area (Å²) >= 11 is 3.07. The van der Waals surface area contributed by atoms with Gasteiger partial charge in [-0.2, -0.15) is 0 Å². The van der Waals surface area contributed by atoms with Gasteiger partial charge >= 0.3 is 0 Å². The second-order valence-electron chi connectivity index (χ2n) is 2.75. The SMILES string of the molecule is CCSc1ccc(Nc2nnns2)cc1.